The maximum Gasteiger partial charge on any atom is 0.269 e. The molecular weight excluding hydrogens is 276 g/mol. The highest BCUT2D eigenvalue weighted by molar-refractivity contribution is 6.31. The smallest absolute Gasteiger partial charge is 0.269 e. The number of aromatic nitrogens is 1. The van der Waals surface area contributed by atoms with Crippen molar-refractivity contribution in [1.82, 2.24) is 10.3 Å². The molecule has 2 rings (SSSR count). The molecule has 0 fully saturated rings. The van der Waals surface area contributed by atoms with Gasteiger partial charge < -0.3 is 10.1 Å². The Bertz CT molecular complexity index is 575. The number of benzene rings is 1. The molecule has 1 heterocycles. The lowest BCUT2D eigenvalue weighted by molar-refractivity contribution is 0.0824. The highest BCUT2D eigenvalue weighted by atomic mass is 35.5. The second-order valence-corrected chi connectivity index (χ2v) is 4.58. The molecule has 1 amide bonds. The number of ether oxygens (including phenoxy) is 1. The summed E-state index contributed by atoms with van der Waals surface area (Å²) in [6.45, 7) is 0.329. The van der Waals surface area contributed by atoms with Gasteiger partial charge in [0.15, 0.2) is 0 Å². The second-order valence-electron chi connectivity index (χ2n) is 4.17. The van der Waals surface area contributed by atoms with Crippen molar-refractivity contribution in [1.29, 1.82) is 0 Å². The minimum Gasteiger partial charge on any atom is -0.375 e. The number of amides is 1. The van der Waals surface area contributed by atoms with E-state index in [1.165, 1.54) is 0 Å². The van der Waals surface area contributed by atoms with E-state index < -0.39 is 0 Å². The Kier molecular flexibility index (Phi) is 5.09. The number of methoxy groups -OCH3 is 1. The molecule has 0 bridgehead atoms. The number of rotatable bonds is 5. The number of carbonyl (C=O) groups excluding carboxylic acids is 1. The topological polar surface area (TPSA) is 51.2 Å². The maximum absolute atomic E-state index is 11.9. The monoisotopic (exact) mass is 290 g/mol. The summed E-state index contributed by atoms with van der Waals surface area (Å²) in [4.78, 5) is 15.9. The summed E-state index contributed by atoms with van der Waals surface area (Å²) in [5, 5.41) is 3.41. The summed E-state index contributed by atoms with van der Waals surface area (Å²) in [5.74, 6) is -0.236. The van der Waals surface area contributed by atoms with E-state index in [0.717, 1.165) is 5.56 Å². The molecule has 104 valence electrons. The number of nitrogens with zero attached hydrogens (tertiary/aromatic N) is 1. The summed E-state index contributed by atoms with van der Waals surface area (Å²) in [6.07, 6.45) is 1.29. The van der Waals surface area contributed by atoms with Crippen LogP contribution in [0.25, 0.3) is 0 Å². The van der Waals surface area contributed by atoms with E-state index in [1.807, 2.05) is 18.2 Å². The standard InChI is InChI=1S/C15H15ClN2O2/c1-20-14(11-6-2-3-7-12(11)16)10-18-15(19)13-8-4-5-9-17-13/h2-9,14H,10H2,1H3,(H,18,19)/t14-/m0/s1. The van der Waals surface area contributed by atoms with Crippen LogP contribution in [0.15, 0.2) is 48.7 Å². The average molecular weight is 291 g/mol. The highest BCUT2D eigenvalue weighted by Crippen LogP contribution is 2.24. The Morgan fingerprint density at radius 2 is 2.05 bits per heavy atom. The molecule has 1 aromatic heterocycles. The third kappa shape index (κ3) is 3.56. The average Bonchev–Trinajstić information content (AvgIpc) is 2.50. The Morgan fingerprint density at radius 3 is 2.70 bits per heavy atom. The van der Waals surface area contributed by atoms with Crippen LogP contribution in [0.5, 0.6) is 0 Å². The number of nitrogens with one attached hydrogen (secondary N) is 1. The van der Waals surface area contributed by atoms with Crippen LogP contribution in [0.1, 0.15) is 22.2 Å². The van der Waals surface area contributed by atoms with Gasteiger partial charge in [0, 0.05) is 30.4 Å². The second kappa shape index (κ2) is 7.03. The summed E-state index contributed by atoms with van der Waals surface area (Å²) in [6, 6.07) is 12.6. The van der Waals surface area contributed by atoms with Gasteiger partial charge in [0.25, 0.3) is 5.91 Å². The molecule has 0 spiro atoms. The van der Waals surface area contributed by atoms with Crippen LogP contribution < -0.4 is 5.32 Å². The summed E-state index contributed by atoms with van der Waals surface area (Å²) < 4.78 is 5.38. The van der Waals surface area contributed by atoms with Gasteiger partial charge in [-0.1, -0.05) is 35.9 Å². The van der Waals surface area contributed by atoms with Crippen molar-refractivity contribution < 1.29 is 9.53 Å². The van der Waals surface area contributed by atoms with E-state index in [4.69, 9.17) is 16.3 Å². The van der Waals surface area contributed by atoms with Crippen LogP contribution in [0.2, 0.25) is 5.02 Å². The zero-order chi connectivity index (χ0) is 14.4. The minimum absolute atomic E-state index is 0.236. The van der Waals surface area contributed by atoms with E-state index in [2.05, 4.69) is 10.3 Å². The van der Waals surface area contributed by atoms with Gasteiger partial charge in [-0.15, -0.1) is 0 Å². The van der Waals surface area contributed by atoms with Crippen molar-refractivity contribution >= 4 is 17.5 Å². The molecule has 0 radical (unpaired) electrons. The fourth-order valence-electron chi connectivity index (χ4n) is 1.83. The van der Waals surface area contributed by atoms with Crippen molar-refractivity contribution in [3.63, 3.8) is 0 Å². The quantitative estimate of drug-likeness (QED) is 0.921. The van der Waals surface area contributed by atoms with E-state index in [-0.39, 0.29) is 12.0 Å². The van der Waals surface area contributed by atoms with E-state index in [0.29, 0.717) is 17.3 Å². The molecule has 0 aliphatic carbocycles. The van der Waals surface area contributed by atoms with Crippen molar-refractivity contribution in [2.24, 2.45) is 0 Å². The first-order chi connectivity index (χ1) is 9.72. The van der Waals surface area contributed by atoms with Crippen molar-refractivity contribution in [2.75, 3.05) is 13.7 Å². The van der Waals surface area contributed by atoms with Crippen molar-refractivity contribution in [3.8, 4) is 0 Å². The van der Waals surface area contributed by atoms with E-state index in [9.17, 15) is 4.79 Å². The number of carbonyl (C=O) groups is 1. The minimum atomic E-state index is -0.295. The van der Waals surface area contributed by atoms with Gasteiger partial charge in [0.1, 0.15) is 11.8 Å². The highest BCUT2D eigenvalue weighted by Gasteiger charge is 2.15. The van der Waals surface area contributed by atoms with Gasteiger partial charge in [-0.2, -0.15) is 0 Å². The zero-order valence-electron chi connectivity index (χ0n) is 11.0. The van der Waals surface area contributed by atoms with Gasteiger partial charge in [-0.25, -0.2) is 0 Å². The van der Waals surface area contributed by atoms with Crippen molar-refractivity contribution in [3.05, 3.63) is 64.9 Å². The van der Waals surface area contributed by atoms with Crippen LogP contribution in [0, 0.1) is 0 Å². The molecule has 1 atom stereocenters. The molecule has 0 unspecified atom stereocenters. The molecule has 1 N–H and O–H groups in total. The fraction of sp³-hybridized carbons (Fsp3) is 0.200. The van der Waals surface area contributed by atoms with Gasteiger partial charge in [0.2, 0.25) is 0 Å². The number of pyridine rings is 1. The normalized spacial score (nSPS) is 11.9. The molecule has 5 heteroatoms. The predicted octanol–water partition coefficient (Wildman–Crippen LogP) is 2.85. The van der Waals surface area contributed by atoms with Crippen LogP contribution >= 0.6 is 11.6 Å². The molecular formula is C15H15ClN2O2. The zero-order valence-corrected chi connectivity index (χ0v) is 11.8. The Labute approximate surface area is 122 Å². The third-order valence-electron chi connectivity index (χ3n) is 2.88. The Hall–Kier alpha value is -1.91. The molecule has 2 aromatic rings. The van der Waals surface area contributed by atoms with Gasteiger partial charge in [-0.3, -0.25) is 9.78 Å². The lowest BCUT2D eigenvalue weighted by atomic mass is 10.1. The first-order valence-electron chi connectivity index (χ1n) is 6.19. The molecule has 0 saturated heterocycles. The van der Waals surface area contributed by atoms with E-state index >= 15 is 0 Å². The van der Waals surface area contributed by atoms with Gasteiger partial charge in [0.05, 0.1) is 0 Å². The van der Waals surface area contributed by atoms with E-state index in [1.54, 1.807) is 37.6 Å². The number of halogens is 1. The SMILES string of the molecule is CO[C@@H](CNC(=O)c1ccccn1)c1ccccc1Cl. The Balaban J connectivity index is 2.02. The first kappa shape index (κ1) is 14.5. The molecule has 20 heavy (non-hydrogen) atoms. The van der Waals surface area contributed by atoms with Crippen LogP contribution in [0.3, 0.4) is 0 Å². The number of hydrogen-bond acceptors (Lipinski definition) is 3. The molecule has 0 aliphatic heterocycles. The van der Waals surface area contributed by atoms with Crippen LogP contribution in [0.4, 0.5) is 0 Å². The fourth-order valence-corrected chi connectivity index (χ4v) is 2.09. The summed E-state index contributed by atoms with van der Waals surface area (Å²) in [5.41, 5.74) is 1.22. The van der Waals surface area contributed by atoms with Crippen LogP contribution in [-0.2, 0) is 4.74 Å². The third-order valence-corrected chi connectivity index (χ3v) is 3.23. The molecule has 0 aliphatic rings. The predicted molar refractivity (Wildman–Crippen MR) is 77.8 cm³/mol. The van der Waals surface area contributed by atoms with Crippen molar-refractivity contribution in [2.45, 2.75) is 6.10 Å². The lowest BCUT2D eigenvalue weighted by Crippen LogP contribution is -2.29. The van der Waals surface area contributed by atoms with Gasteiger partial charge >= 0.3 is 0 Å². The largest absolute Gasteiger partial charge is 0.375 e. The Morgan fingerprint density at radius 1 is 1.30 bits per heavy atom. The van der Waals surface area contributed by atoms with Gasteiger partial charge in [-0.05, 0) is 18.2 Å². The molecule has 1 aromatic carbocycles. The first-order valence-corrected chi connectivity index (χ1v) is 6.56. The molecule has 4 nitrogen and oxygen atoms in total. The maximum atomic E-state index is 11.9. The summed E-state index contributed by atoms with van der Waals surface area (Å²) >= 11 is 6.13. The number of hydrogen-bond donors (Lipinski definition) is 1. The molecule has 0 saturated carbocycles. The van der Waals surface area contributed by atoms with Crippen LogP contribution in [-0.4, -0.2) is 24.5 Å². The lowest BCUT2D eigenvalue weighted by Gasteiger charge is -2.17. The summed E-state index contributed by atoms with van der Waals surface area (Å²) in [7, 11) is 1.58.